The summed E-state index contributed by atoms with van der Waals surface area (Å²) in [6.07, 6.45) is 2.49. The number of benzene rings is 1. The molecule has 0 radical (unpaired) electrons. The van der Waals surface area contributed by atoms with Crippen LogP contribution in [-0.2, 0) is 11.2 Å². The van der Waals surface area contributed by atoms with Crippen LogP contribution in [0.5, 0.6) is 0 Å². The van der Waals surface area contributed by atoms with Gasteiger partial charge in [0.1, 0.15) is 0 Å². The Morgan fingerprint density at radius 3 is 2.83 bits per heavy atom. The number of nitrogens with one attached hydrogen (secondary N) is 1. The molecule has 92 valence electrons. The Bertz CT molecular complexity index is 533. The minimum absolute atomic E-state index is 0.0278. The van der Waals surface area contributed by atoms with Gasteiger partial charge in [0.2, 0.25) is 5.91 Å². The molecule has 1 aliphatic rings. The van der Waals surface area contributed by atoms with E-state index in [4.69, 9.17) is 0 Å². The molecule has 0 saturated heterocycles. The summed E-state index contributed by atoms with van der Waals surface area (Å²) in [6.45, 7) is 1.54. The molecule has 1 aliphatic carbocycles. The molecule has 3 heteroatoms. The van der Waals surface area contributed by atoms with Gasteiger partial charge in [0.15, 0.2) is 5.78 Å². The summed E-state index contributed by atoms with van der Waals surface area (Å²) < 4.78 is 0. The van der Waals surface area contributed by atoms with Crippen molar-refractivity contribution in [3.8, 4) is 12.0 Å². The van der Waals surface area contributed by atoms with E-state index in [-0.39, 0.29) is 17.6 Å². The van der Waals surface area contributed by atoms with E-state index in [0.29, 0.717) is 12.0 Å². The summed E-state index contributed by atoms with van der Waals surface area (Å²) in [6, 6.07) is 10.1. The Labute approximate surface area is 107 Å². The van der Waals surface area contributed by atoms with Crippen LogP contribution in [0.4, 0.5) is 0 Å². The lowest BCUT2D eigenvalue weighted by atomic mass is 10.1. The normalized spacial score (nSPS) is 13.4. The molecule has 1 fully saturated rings. The molecule has 2 rings (SSSR count). The van der Waals surface area contributed by atoms with Crippen LogP contribution in [0.2, 0.25) is 0 Å². The van der Waals surface area contributed by atoms with E-state index in [9.17, 15) is 9.59 Å². The number of amides is 1. The van der Waals surface area contributed by atoms with Gasteiger partial charge in [-0.15, -0.1) is 0 Å². The maximum absolute atomic E-state index is 11.3. The first-order valence-corrected chi connectivity index (χ1v) is 6.04. The molecule has 3 nitrogen and oxygen atoms in total. The molecular formula is C15H15NO2. The summed E-state index contributed by atoms with van der Waals surface area (Å²) in [4.78, 5) is 22.5. The highest BCUT2D eigenvalue weighted by Crippen LogP contribution is 2.28. The van der Waals surface area contributed by atoms with Gasteiger partial charge in [-0.3, -0.25) is 14.9 Å². The number of carbonyl (C=O) groups excluding carboxylic acids is 2. The number of rotatable bonds is 3. The third-order valence-electron chi connectivity index (χ3n) is 2.85. The van der Waals surface area contributed by atoms with E-state index in [1.807, 2.05) is 18.2 Å². The first kappa shape index (κ1) is 12.4. The van der Waals surface area contributed by atoms with Gasteiger partial charge in [-0.2, -0.15) is 0 Å². The lowest BCUT2D eigenvalue weighted by Gasteiger charge is -1.98. The lowest BCUT2D eigenvalue weighted by molar-refractivity contribution is -0.121. The Morgan fingerprint density at radius 2 is 2.17 bits per heavy atom. The zero-order chi connectivity index (χ0) is 13.0. The molecule has 0 unspecified atom stereocenters. The minimum atomic E-state index is 0.0278. The fraction of sp³-hybridized carbons (Fsp3) is 0.333. The average Bonchev–Trinajstić information content (AvgIpc) is 3.19. The first-order valence-electron chi connectivity index (χ1n) is 6.04. The van der Waals surface area contributed by atoms with Crippen LogP contribution in [0.3, 0.4) is 0 Å². The second kappa shape index (κ2) is 5.50. The molecule has 0 aliphatic heterocycles. The summed E-state index contributed by atoms with van der Waals surface area (Å²) in [7, 11) is 0. The van der Waals surface area contributed by atoms with E-state index in [1.165, 1.54) is 0 Å². The number of Topliss-reactive ketones (excluding diaryl/α,β-unsaturated/α-hetero) is 1. The monoisotopic (exact) mass is 241 g/mol. The molecule has 0 spiro atoms. The van der Waals surface area contributed by atoms with Crippen molar-refractivity contribution in [3.05, 3.63) is 35.4 Å². The molecular weight excluding hydrogens is 226 g/mol. The predicted molar refractivity (Wildman–Crippen MR) is 68.8 cm³/mol. The van der Waals surface area contributed by atoms with E-state index < -0.39 is 0 Å². The van der Waals surface area contributed by atoms with E-state index >= 15 is 0 Å². The van der Waals surface area contributed by atoms with Crippen LogP contribution in [-0.4, -0.2) is 11.7 Å². The van der Waals surface area contributed by atoms with Crippen molar-refractivity contribution in [2.45, 2.75) is 26.2 Å². The Kier molecular flexibility index (Phi) is 3.78. The van der Waals surface area contributed by atoms with Crippen molar-refractivity contribution in [2.24, 2.45) is 5.92 Å². The third-order valence-corrected chi connectivity index (χ3v) is 2.85. The van der Waals surface area contributed by atoms with Gasteiger partial charge in [-0.05, 0) is 31.4 Å². The molecule has 0 heterocycles. The van der Waals surface area contributed by atoms with Gasteiger partial charge in [0.05, 0.1) is 0 Å². The van der Waals surface area contributed by atoms with E-state index in [1.54, 1.807) is 13.0 Å². The van der Waals surface area contributed by atoms with Crippen LogP contribution in [0.15, 0.2) is 24.3 Å². The molecule has 1 N–H and O–H groups in total. The molecule has 1 saturated carbocycles. The Morgan fingerprint density at radius 1 is 1.39 bits per heavy atom. The lowest BCUT2D eigenvalue weighted by Crippen LogP contribution is -2.19. The maximum atomic E-state index is 11.3. The summed E-state index contributed by atoms with van der Waals surface area (Å²) in [5.41, 5.74) is 1.67. The van der Waals surface area contributed by atoms with Gasteiger partial charge in [-0.25, -0.2) is 0 Å². The number of ketones is 1. The van der Waals surface area contributed by atoms with Gasteiger partial charge in [0, 0.05) is 23.9 Å². The fourth-order valence-electron chi connectivity index (χ4n) is 1.60. The minimum Gasteiger partial charge on any atom is -0.295 e. The van der Waals surface area contributed by atoms with Crippen LogP contribution in [0.1, 0.15) is 35.7 Å². The van der Waals surface area contributed by atoms with Crippen LogP contribution < -0.4 is 5.32 Å². The largest absolute Gasteiger partial charge is 0.295 e. The van der Waals surface area contributed by atoms with Crippen LogP contribution >= 0.6 is 0 Å². The van der Waals surface area contributed by atoms with E-state index in [0.717, 1.165) is 18.4 Å². The topological polar surface area (TPSA) is 46.2 Å². The summed E-state index contributed by atoms with van der Waals surface area (Å²) >= 11 is 0. The molecule has 0 bridgehead atoms. The van der Waals surface area contributed by atoms with Crippen molar-refractivity contribution >= 4 is 11.7 Å². The second-order valence-corrected chi connectivity index (χ2v) is 4.50. The van der Waals surface area contributed by atoms with Crippen molar-refractivity contribution in [1.82, 2.24) is 5.32 Å². The fourth-order valence-corrected chi connectivity index (χ4v) is 1.60. The smallest absolute Gasteiger partial charge is 0.234 e. The zero-order valence-electron chi connectivity index (χ0n) is 10.3. The van der Waals surface area contributed by atoms with Gasteiger partial charge in [-0.1, -0.05) is 24.1 Å². The first-order chi connectivity index (χ1) is 8.66. The van der Waals surface area contributed by atoms with Crippen LogP contribution in [0, 0.1) is 17.9 Å². The van der Waals surface area contributed by atoms with Gasteiger partial charge in [0.25, 0.3) is 0 Å². The van der Waals surface area contributed by atoms with Crippen LogP contribution in [0.25, 0.3) is 0 Å². The van der Waals surface area contributed by atoms with Crippen molar-refractivity contribution in [3.63, 3.8) is 0 Å². The standard InChI is InChI=1S/C15H15NO2/c1-11(17)14-6-2-4-12(10-14)5-3-9-16-15(18)13-7-8-13/h2,4,6,10,13H,5,7-8H2,1H3,(H,16,18). The molecule has 0 aromatic heterocycles. The number of carbonyl (C=O) groups is 2. The molecule has 1 aromatic rings. The molecule has 1 aromatic carbocycles. The SMILES string of the molecule is CC(=O)c1cccc(CC#CNC(=O)C2CC2)c1. The average molecular weight is 241 g/mol. The maximum Gasteiger partial charge on any atom is 0.234 e. The molecule has 0 atom stereocenters. The second-order valence-electron chi connectivity index (χ2n) is 4.50. The Hall–Kier alpha value is -2.08. The van der Waals surface area contributed by atoms with Crippen molar-refractivity contribution < 1.29 is 9.59 Å². The van der Waals surface area contributed by atoms with Crippen molar-refractivity contribution in [1.29, 1.82) is 0 Å². The number of hydrogen-bond donors (Lipinski definition) is 1. The number of hydrogen-bond acceptors (Lipinski definition) is 2. The van der Waals surface area contributed by atoms with Gasteiger partial charge >= 0.3 is 0 Å². The highest BCUT2D eigenvalue weighted by Gasteiger charge is 2.28. The summed E-state index contributed by atoms with van der Waals surface area (Å²) in [5.74, 6) is 3.14. The predicted octanol–water partition coefficient (Wildman–Crippen LogP) is 1.92. The third kappa shape index (κ3) is 3.46. The zero-order valence-corrected chi connectivity index (χ0v) is 10.3. The summed E-state index contributed by atoms with van der Waals surface area (Å²) in [5, 5.41) is 2.59. The van der Waals surface area contributed by atoms with E-state index in [2.05, 4.69) is 17.3 Å². The van der Waals surface area contributed by atoms with Crippen molar-refractivity contribution in [2.75, 3.05) is 0 Å². The highest BCUT2D eigenvalue weighted by molar-refractivity contribution is 5.94. The molecule has 18 heavy (non-hydrogen) atoms. The molecule has 1 amide bonds. The highest BCUT2D eigenvalue weighted by atomic mass is 16.2. The Balaban J connectivity index is 1.89. The quantitative estimate of drug-likeness (QED) is 0.499. The van der Waals surface area contributed by atoms with Gasteiger partial charge < -0.3 is 0 Å².